The van der Waals surface area contributed by atoms with Gasteiger partial charge in [-0.05, 0) is 60.5 Å². The summed E-state index contributed by atoms with van der Waals surface area (Å²) in [6, 6.07) is 15.3. The molecule has 0 spiro atoms. The number of nitrogens with zero attached hydrogens (tertiary/aromatic N) is 3. The Morgan fingerprint density at radius 1 is 1.15 bits per heavy atom. The Morgan fingerprint density at radius 2 is 2.00 bits per heavy atom. The highest BCUT2D eigenvalue weighted by Gasteiger charge is 2.47. The van der Waals surface area contributed by atoms with E-state index in [4.69, 9.17) is 0 Å². The molecule has 0 bridgehead atoms. The molecule has 1 saturated heterocycles. The van der Waals surface area contributed by atoms with Crippen molar-refractivity contribution in [3.63, 3.8) is 0 Å². The smallest absolute Gasteiger partial charge is 0.254 e. The van der Waals surface area contributed by atoms with Gasteiger partial charge >= 0.3 is 0 Å². The van der Waals surface area contributed by atoms with Crippen LogP contribution in [0.15, 0.2) is 67.0 Å². The van der Waals surface area contributed by atoms with Gasteiger partial charge in [-0.1, -0.05) is 17.9 Å². The van der Waals surface area contributed by atoms with Crippen LogP contribution in [0.3, 0.4) is 0 Å². The summed E-state index contributed by atoms with van der Waals surface area (Å²) in [5.41, 5.74) is 3.99. The Kier molecular flexibility index (Phi) is 5.57. The molecule has 1 N–H and O–H groups in total. The van der Waals surface area contributed by atoms with Crippen molar-refractivity contribution in [1.82, 2.24) is 9.88 Å². The molecule has 2 aliphatic rings. The number of hydrogen-bond acceptors (Lipinski definition) is 4. The summed E-state index contributed by atoms with van der Waals surface area (Å²) < 4.78 is 13.8. The highest BCUT2D eigenvalue weighted by molar-refractivity contribution is 5.95. The van der Waals surface area contributed by atoms with Crippen molar-refractivity contribution in [3.05, 3.63) is 95.1 Å². The summed E-state index contributed by atoms with van der Waals surface area (Å²) in [5, 5.41) is 10.2. The molecule has 6 heteroatoms. The predicted molar refractivity (Wildman–Crippen MR) is 124 cm³/mol. The molecule has 0 aliphatic carbocycles. The Labute approximate surface area is 192 Å². The number of halogens is 1. The van der Waals surface area contributed by atoms with Crippen molar-refractivity contribution < 1.29 is 14.3 Å². The average Bonchev–Trinajstić information content (AvgIpc) is 3.28. The third-order valence-corrected chi connectivity index (χ3v) is 6.69. The molecular formula is C27H24FN3O2. The fraction of sp³-hybridized carbons (Fsp3) is 0.259. The topological polar surface area (TPSA) is 56.7 Å². The van der Waals surface area contributed by atoms with Crippen LogP contribution in [0.2, 0.25) is 0 Å². The van der Waals surface area contributed by atoms with E-state index < -0.39 is 5.82 Å². The molecule has 3 heterocycles. The standard InChI is InChI=1S/C27H24FN3O2/c1-30-24-10-9-18(7-8-19-4-3-12-29-16-19)14-23(24)26-22(25(30)17-32)11-13-31(26)27(33)20-5-2-6-21(28)15-20/h2-6,9-10,12,14-16,22,25-26,32H,11,13,17H2,1H3/t22-,25-,26-/m0/s1. The third-order valence-electron chi connectivity index (χ3n) is 6.69. The van der Waals surface area contributed by atoms with E-state index in [0.29, 0.717) is 12.1 Å². The van der Waals surface area contributed by atoms with Crippen LogP contribution in [0, 0.1) is 23.6 Å². The highest BCUT2D eigenvalue weighted by Crippen LogP contribution is 2.49. The van der Waals surface area contributed by atoms with Crippen LogP contribution in [-0.4, -0.2) is 47.1 Å². The zero-order valence-corrected chi connectivity index (χ0v) is 18.3. The number of fused-ring (bicyclic) bond motifs is 3. The van der Waals surface area contributed by atoms with Crippen LogP contribution in [0.25, 0.3) is 0 Å². The minimum atomic E-state index is -0.429. The summed E-state index contributed by atoms with van der Waals surface area (Å²) in [6.07, 6.45) is 4.20. The van der Waals surface area contributed by atoms with Crippen molar-refractivity contribution in [2.24, 2.45) is 5.92 Å². The number of pyridine rings is 1. The number of benzene rings is 2. The molecule has 1 aromatic heterocycles. The number of anilines is 1. The van der Waals surface area contributed by atoms with Crippen LogP contribution >= 0.6 is 0 Å². The van der Waals surface area contributed by atoms with Crippen LogP contribution < -0.4 is 4.90 Å². The molecule has 5 rings (SSSR count). The van der Waals surface area contributed by atoms with Gasteiger partial charge in [0.15, 0.2) is 0 Å². The quantitative estimate of drug-likeness (QED) is 0.617. The van der Waals surface area contributed by atoms with Gasteiger partial charge in [0.1, 0.15) is 5.82 Å². The van der Waals surface area contributed by atoms with Crippen molar-refractivity contribution in [1.29, 1.82) is 0 Å². The first-order valence-electron chi connectivity index (χ1n) is 11.0. The third kappa shape index (κ3) is 3.85. The number of likely N-dealkylation sites (tertiary alicyclic amines) is 1. The van der Waals surface area contributed by atoms with E-state index in [-0.39, 0.29) is 30.5 Å². The van der Waals surface area contributed by atoms with Gasteiger partial charge in [-0.3, -0.25) is 9.78 Å². The fourth-order valence-corrected chi connectivity index (χ4v) is 5.13. The number of hydrogen-bond donors (Lipinski definition) is 1. The van der Waals surface area contributed by atoms with E-state index in [1.54, 1.807) is 24.5 Å². The fourth-order valence-electron chi connectivity index (χ4n) is 5.13. The van der Waals surface area contributed by atoms with E-state index >= 15 is 0 Å². The summed E-state index contributed by atoms with van der Waals surface area (Å²) in [6.45, 7) is 0.557. The molecular weight excluding hydrogens is 417 g/mol. The van der Waals surface area contributed by atoms with Crippen LogP contribution in [0.5, 0.6) is 0 Å². The van der Waals surface area contributed by atoms with Gasteiger partial charge in [-0.2, -0.15) is 0 Å². The average molecular weight is 442 g/mol. The molecule has 5 nitrogen and oxygen atoms in total. The molecule has 3 atom stereocenters. The SMILES string of the molecule is CN1c2ccc(C#Cc3cccnc3)cc2[C@@H]2[C@@H](CCN2C(=O)c2cccc(F)c2)[C@@H]1CO. The van der Waals surface area contributed by atoms with Gasteiger partial charge in [0.05, 0.1) is 18.7 Å². The van der Waals surface area contributed by atoms with E-state index in [2.05, 4.69) is 21.7 Å². The number of aliphatic hydroxyl groups excluding tert-OH is 1. The molecule has 33 heavy (non-hydrogen) atoms. The summed E-state index contributed by atoms with van der Waals surface area (Å²) >= 11 is 0. The maximum Gasteiger partial charge on any atom is 0.254 e. The lowest BCUT2D eigenvalue weighted by molar-refractivity contribution is 0.0693. The molecule has 1 fully saturated rings. The Balaban J connectivity index is 1.56. The zero-order valence-electron chi connectivity index (χ0n) is 18.3. The van der Waals surface area contributed by atoms with Gasteiger partial charge in [-0.15, -0.1) is 0 Å². The molecule has 0 unspecified atom stereocenters. The van der Waals surface area contributed by atoms with Gasteiger partial charge in [0, 0.05) is 54.3 Å². The number of aromatic nitrogens is 1. The summed E-state index contributed by atoms with van der Waals surface area (Å²) in [7, 11) is 1.98. The molecule has 1 amide bonds. The van der Waals surface area contributed by atoms with Crippen molar-refractivity contribution in [3.8, 4) is 11.8 Å². The first kappa shape index (κ1) is 21.2. The van der Waals surface area contributed by atoms with Crippen molar-refractivity contribution >= 4 is 11.6 Å². The van der Waals surface area contributed by atoms with Gasteiger partial charge in [0.25, 0.3) is 5.91 Å². The second kappa shape index (κ2) is 8.68. The van der Waals surface area contributed by atoms with Crippen LogP contribution in [0.1, 0.15) is 39.5 Å². The highest BCUT2D eigenvalue weighted by atomic mass is 19.1. The number of likely N-dealkylation sites (N-methyl/N-ethyl adjacent to an activating group) is 1. The lowest BCUT2D eigenvalue weighted by Crippen LogP contribution is -2.48. The maximum absolute atomic E-state index is 13.8. The minimum Gasteiger partial charge on any atom is -0.394 e. The van der Waals surface area contributed by atoms with Crippen LogP contribution in [0.4, 0.5) is 10.1 Å². The number of aliphatic hydroxyl groups is 1. The maximum atomic E-state index is 13.8. The largest absolute Gasteiger partial charge is 0.394 e. The van der Waals surface area contributed by atoms with E-state index in [0.717, 1.165) is 28.8 Å². The summed E-state index contributed by atoms with van der Waals surface area (Å²) in [5.74, 6) is 5.79. The second-order valence-corrected chi connectivity index (χ2v) is 8.53. The lowest BCUT2D eigenvalue weighted by atomic mass is 9.81. The van der Waals surface area contributed by atoms with Gasteiger partial charge in [-0.25, -0.2) is 4.39 Å². The molecule has 166 valence electrons. The Morgan fingerprint density at radius 3 is 2.76 bits per heavy atom. The molecule has 0 radical (unpaired) electrons. The number of amides is 1. The van der Waals surface area contributed by atoms with E-state index in [1.165, 1.54) is 12.1 Å². The first-order chi connectivity index (χ1) is 16.1. The van der Waals surface area contributed by atoms with Crippen molar-refractivity contribution in [2.75, 3.05) is 25.1 Å². The minimum absolute atomic E-state index is 0.00165. The number of rotatable bonds is 2. The predicted octanol–water partition coefficient (Wildman–Crippen LogP) is 3.63. The monoisotopic (exact) mass is 441 g/mol. The normalized spacial score (nSPS) is 21.1. The second-order valence-electron chi connectivity index (χ2n) is 8.53. The van der Waals surface area contributed by atoms with E-state index in [9.17, 15) is 14.3 Å². The molecule has 2 aromatic carbocycles. The summed E-state index contributed by atoms with van der Waals surface area (Å²) in [4.78, 5) is 21.4. The Bertz CT molecular complexity index is 1250. The zero-order chi connectivity index (χ0) is 22.9. The van der Waals surface area contributed by atoms with Gasteiger partial charge in [0.2, 0.25) is 0 Å². The molecule has 0 saturated carbocycles. The van der Waals surface area contributed by atoms with E-state index in [1.807, 2.05) is 42.3 Å². The van der Waals surface area contributed by atoms with Gasteiger partial charge < -0.3 is 14.9 Å². The number of carbonyl (C=O) groups is 1. The molecule has 2 aliphatic heterocycles. The van der Waals surface area contributed by atoms with Crippen LogP contribution in [-0.2, 0) is 0 Å². The molecule has 3 aromatic rings. The van der Waals surface area contributed by atoms with Crippen molar-refractivity contribution in [2.45, 2.75) is 18.5 Å². The lowest BCUT2D eigenvalue weighted by Gasteiger charge is -2.44. The number of carbonyl (C=O) groups excluding carboxylic acids is 1. The first-order valence-corrected chi connectivity index (χ1v) is 11.0. The Hall–Kier alpha value is -3.69.